The molecule has 0 amide bonds. The molecule has 0 aromatic carbocycles. The SMILES string of the molecule is CCC(C)n1nc(C(C)(C)C)c(Br)c1N. The minimum absolute atomic E-state index is 0.0195. The van der Waals surface area contributed by atoms with Crippen molar-refractivity contribution in [3.05, 3.63) is 10.2 Å². The summed E-state index contributed by atoms with van der Waals surface area (Å²) < 4.78 is 2.85. The van der Waals surface area contributed by atoms with Gasteiger partial charge < -0.3 is 5.73 Å². The van der Waals surface area contributed by atoms with Gasteiger partial charge in [-0.25, -0.2) is 4.68 Å². The molecule has 86 valence electrons. The Morgan fingerprint density at radius 2 is 2.00 bits per heavy atom. The molecule has 0 aliphatic carbocycles. The molecule has 0 saturated heterocycles. The van der Waals surface area contributed by atoms with Crippen molar-refractivity contribution in [3.8, 4) is 0 Å². The molecular formula is C11H20BrN3. The molecule has 0 aliphatic rings. The minimum Gasteiger partial charge on any atom is -0.383 e. The first-order chi connectivity index (χ1) is 6.79. The van der Waals surface area contributed by atoms with Crippen molar-refractivity contribution >= 4 is 21.7 Å². The van der Waals surface area contributed by atoms with Gasteiger partial charge >= 0.3 is 0 Å². The van der Waals surface area contributed by atoms with E-state index in [1.54, 1.807) is 0 Å². The number of anilines is 1. The van der Waals surface area contributed by atoms with Crippen LogP contribution in [0.4, 0.5) is 5.82 Å². The van der Waals surface area contributed by atoms with Crippen LogP contribution >= 0.6 is 15.9 Å². The van der Waals surface area contributed by atoms with Crippen LogP contribution in [0.15, 0.2) is 4.47 Å². The van der Waals surface area contributed by atoms with Gasteiger partial charge in [-0.05, 0) is 29.3 Å². The van der Waals surface area contributed by atoms with E-state index in [-0.39, 0.29) is 5.41 Å². The van der Waals surface area contributed by atoms with Crippen molar-refractivity contribution in [1.82, 2.24) is 9.78 Å². The van der Waals surface area contributed by atoms with Gasteiger partial charge in [0.2, 0.25) is 0 Å². The second-order valence-corrected chi connectivity index (χ2v) is 5.79. The van der Waals surface area contributed by atoms with E-state index in [0.717, 1.165) is 22.4 Å². The van der Waals surface area contributed by atoms with Gasteiger partial charge in [-0.3, -0.25) is 0 Å². The van der Waals surface area contributed by atoms with E-state index in [9.17, 15) is 0 Å². The van der Waals surface area contributed by atoms with E-state index in [0.29, 0.717) is 6.04 Å². The number of nitrogens with two attached hydrogens (primary N) is 1. The number of nitrogen functional groups attached to an aromatic ring is 1. The molecule has 4 heteroatoms. The van der Waals surface area contributed by atoms with Crippen LogP contribution in [0.25, 0.3) is 0 Å². The Labute approximate surface area is 100 Å². The van der Waals surface area contributed by atoms with Crippen LogP contribution in [0.3, 0.4) is 0 Å². The molecule has 1 unspecified atom stereocenters. The van der Waals surface area contributed by atoms with Crippen LogP contribution in [0.1, 0.15) is 52.8 Å². The molecule has 0 spiro atoms. The van der Waals surface area contributed by atoms with Gasteiger partial charge in [0, 0.05) is 5.41 Å². The van der Waals surface area contributed by atoms with Gasteiger partial charge in [-0.2, -0.15) is 5.10 Å². The highest BCUT2D eigenvalue weighted by Gasteiger charge is 2.25. The normalized spacial score (nSPS) is 14.3. The van der Waals surface area contributed by atoms with Crippen molar-refractivity contribution in [1.29, 1.82) is 0 Å². The van der Waals surface area contributed by atoms with Gasteiger partial charge in [-0.1, -0.05) is 27.7 Å². The number of rotatable bonds is 2. The molecule has 2 N–H and O–H groups in total. The maximum Gasteiger partial charge on any atom is 0.136 e. The Balaban J connectivity index is 3.24. The zero-order valence-corrected chi connectivity index (χ0v) is 11.7. The number of hydrogen-bond donors (Lipinski definition) is 1. The number of nitrogens with zero attached hydrogens (tertiary/aromatic N) is 2. The molecule has 0 bridgehead atoms. The Morgan fingerprint density at radius 1 is 1.47 bits per heavy atom. The van der Waals surface area contributed by atoms with Gasteiger partial charge in [0.1, 0.15) is 5.82 Å². The van der Waals surface area contributed by atoms with Crippen molar-refractivity contribution in [2.24, 2.45) is 0 Å². The third kappa shape index (κ3) is 2.36. The van der Waals surface area contributed by atoms with Crippen LogP contribution in [-0.4, -0.2) is 9.78 Å². The van der Waals surface area contributed by atoms with E-state index >= 15 is 0 Å². The average Bonchev–Trinajstić information content (AvgIpc) is 2.42. The van der Waals surface area contributed by atoms with Crippen LogP contribution in [0.5, 0.6) is 0 Å². The summed E-state index contributed by atoms with van der Waals surface area (Å²) >= 11 is 3.53. The summed E-state index contributed by atoms with van der Waals surface area (Å²) in [4.78, 5) is 0. The Morgan fingerprint density at radius 3 is 2.33 bits per heavy atom. The van der Waals surface area contributed by atoms with Gasteiger partial charge in [-0.15, -0.1) is 0 Å². The Bertz CT molecular complexity index is 349. The van der Waals surface area contributed by atoms with E-state index in [4.69, 9.17) is 5.73 Å². The lowest BCUT2D eigenvalue weighted by Gasteiger charge is -2.15. The summed E-state index contributed by atoms with van der Waals surface area (Å²) in [6.07, 6.45) is 1.03. The highest BCUT2D eigenvalue weighted by Crippen LogP contribution is 2.34. The van der Waals surface area contributed by atoms with Crippen LogP contribution in [0.2, 0.25) is 0 Å². The summed E-state index contributed by atoms with van der Waals surface area (Å²) in [5.41, 5.74) is 7.08. The van der Waals surface area contributed by atoms with Crippen molar-refractivity contribution < 1.29 is 0 Å². The smallest absolute Gasteiger partial charge is 0.136 e. The monoisotopic (exact) mass is 273 g/mol. The van der Waals surface area contributed by atoms with E-state index in [2.05, 4.69) is 55.6 Å². The fourth-order valence-corrected chi connectivity index (χ4v) is 2.27. The molecule has 3 nitrogen and oxygen atoms in total. The number of halogens is 1. The fraction of sp³-hybridized carbons (Fsp3) is 0.727. The summed E-state index contributed by atoms with van der Waals surface area (Å²) in [6.45, 7) is 10.7. The zero-order chi connectivity index (χ0) is 11.8. The first-order valence-corrected chi connectivity index (χ1v) is 6.12. The standard InChI is InChI=1S/C11H20BrN3/c1-6-7(2)15-10(13)8(12)9(14-15)11(3,4)5/h7H,6,13H2,1-5H3. The largest absolute Gasteiger partial charge is 0.383 e. The fourth-order valence-electron chi connectivity index (χ4n) is 1.42. The summed E-state index contributed by atoms with van der Waals surface area (Å²) in [7, 11) is 0. The second kappa shape index (κ2) is 4.16. The highest BCUT2D eigenvalue weighted by atomic mass is 79.9. The van der Waals surface area contributed by atoms with Crippen LogP contribution < -0.4 is 5.73 Å². The lowest BCUT2D eigenvalue weighted by molar-refractivity contribution is 0.463. The van der Waals surface area contributed by atoms with Gasteiger partial charge in [0.05, 0.1) is 16.2 Å². The van der Waals surface area contributed by atoms with Crippen LogP contribution in [-0.2, 0) is 5.41 Å². The summed E-state index contributed by atoms with van der Waals surface area (Å²) in [6, 6.07) is 0.345. The van der Waals surface area contributed by atoms with E-state index in [1.165, 1.54) is 0 Å². The highest BCUT2D eigenvalue weighted by molar-refractivity contribution is 9.10. The number of aromatic nitrogens is 2. The molecule has 1 rings (SSSR count). The second-order valence-electron chi connectivity index (χ2n) is 5.00. The Hall–Kier alpha value is -0.510. The van der Waals surface area contributed by atoms with Crippen LogP contribution in [0, 0.1) is 0 Å². The van der Waals surface area contributed by atoms with Crippen molar-refractivity contribution in [3.63, 3.8) is 0 Å². The molecule has 1 aromatic rings. The molecule has 15 heavy (non-hydrogen) atoms. The topological polar surface area (TPSA) is 43.8 Å². The first kappa shape index (κ1) is 12.6. The van der Waals surface area contributed by atoms with Gasteiger partial charge in [0.15, 0.2) is 0 Å². The first-order valence-electron chi connectivity index (χ1n) is 5.33. The lowest BCUT2D eigenvalue weighted by atomic mass is 9.92. The predicted molar refractivity (Wildman–Crippen MR) is 68.0 cm³/mol. The molecule has 1 atom stereocenters. The molecule has 1 heterocycles. The van der Waals surface area contributed by atoms with Gasteiger partial charge in [0.25, 0.3) is 0 Å². The minimum atomic E-state index is 0.0195. The lowest BCUT2D eigenvalue weighted by Crippen LogP contribution is -2.14. The quantitative estimate of drug-likeness (QED) is 0.897. The third-order valence-corrected chi connectivity index (χ3v) is 3.39. The van der Waals surface area contributed by atoms with E-state index < -0.39 is 0 Å². The molecule has 0 saturated carbocycles. The molecule has 0 aliphatic heterocycles. The third-order valence-electron chi connectivity index (χ3n) is 2.61. The molecule has 1 aromatic heterocycles. The maximum atomic E-state index is 6.03. The number of hydrogen-bond acceptors (Lipinski definition) is 2. The van der Waals surface area contributed by atoms with Crippen molar-refractivity contribution in [2.75, 3.05) is 5.73 Å². The van der Waals surface area contributed by atoms with E-state index in [1.807, 2.05) is 4.68 Å². The summed E-state index contributed by atoms with van der Waals surface area (Å²) in [5, 5.41) is 4.60. The molecule has 0 radical (unpaired) electrons. The maximum absolute atomic E-state index is 6.03. The zero-order valence-electron chi connectivity index (χ0n) is 10.1. The molecular weight excluding hydrogens is 254 g/mol. The Kier molecular flexibility index (Phi) is 3.48. The van der Waals surface area contributed by atoms with Crippen molar-refractivity contribution in [2.45, 2.75) is 52.5 Å². The predicted octanol–water partition coefficient (Wildman–Crippen LogP) is 3.50. The summed E-state index contributed by atoms with van der Waals surface area (Å²) in [5.74, 6) is 0.731. The average molecular weight is 274 g/mol. The molecule has 0 fully saturated rings.